The molecule has 1 rings (SSSR count). The summed E-state index contributed by atoms with van der Waals surface area (Å²) in [7, 11) is 0. The fraction of sp³-hybridized carbons (Fsp3) is 0.600. The topological polar surface area (TPSA) is 34.1 Å². The van der Waals surface area contributed by atoms with E-state index in [1.54, 1.807) is 6.92 Å². The average Bonchev–Trinajstić information content (AvgIpc) is 2.02. The molecule has 0 bridgehead atoms. The number of terminal acetylenes is 1. The van der Waals surface area contributed by atoms with Crippen LogP contribution in [0.2, 0.25) is 0 Å². The molecule has 0 N–H and O–H groups in total. The predicted octanol–water partition coefficient (Wildman–Crippen LogP) is 1.34. The fourth-order valence-corrected chi connectivity index (χ4v) is 1.52. The van der Waals surface area contributed by atoms with Gasteiger partial charge in [-0.1, -0.05) is 0 Å². The van der Waals surface area contributed by atoms with Crippen LogP contribution in [0.4, 0.5) is 0 Å². The van der Waals surface area contributed by atoms with E-state index in [0.717, 1.165) is 0 Å². The summed E-state index contributed by atoms with van der Waals surface area (Å²) in [6.07, 6.45) is 7.07. The van der Waals surface area contributed by atoms with E-state index in [9.17, 15) is 9.59 Å². The lowest BCUT2D eigenvalue weighted by molar-refractivity contribution is -0.142. The van der Waals surface area contributed by atoms with Gasteiger partial charge in [-0.3, -0.25) is 9.59 Å². The molecule has 12 heavy (non-hydrogen) atoms. The Morgan fingerprint density at radius 2 is 1.92 bits per heavy atom. The second kappa shape index (κ2) is 3.10. The second-order valence-electron chi connectivity index (χ2n) is 3.41. The quantitative estimate of drug-likeness (QED) is 0.433. The molecule has 0 atom stereocenters. The molecule has 0 spiro atoms. The van der Waals surface area contributed by atoms with Gasteiger partial charge in [0.25, 0.3) is 0 Å². The van der Waals surface area contributed by atoms with Gasteiger partial charge in [-0.05, 0) is 13.3 Å². The minimum absolute atomic E-state index is 0.0108. The lowest BCUT2D eigenvalue weighted by Gasteiger charge is -2.28. The normalized spacial score (nSPS) is 22.0. The maximum Gasteiger partial charge on any atom is 0.147 e. The lowest BCUT2D eigenvalue weighted by Crippen LogP contribution is -2.39. The van der Waals surface area contributed by atoms with E-state index in [0.29, 0.717) is 19.3 Å². The average molecular weight is 164 g/mol. The zero-order valence-corrected chi connectivity index (χ0v) is 7.22. The van der Waals surface area contributed by atoms with E-state index in [4.69, 9.17) is 6.42 Å². The first-order valence-corrected chi connectivity index (χ1v) is 4.11. The number of ketones is 2. The molecule has 1 saturated carbocycles. The van der Waals surface area contributed by atoms with Crippen LogP contribution in [0, 0.1) is 17.8 Å². The van der Waals surface area contributed by atoms with Crippen LogP contribution in [0.15, 0.2) is 0 Å². The summed E-state index contributed by atoms with van der Waals surface area (Å²) in [5.74, 6) is 2.42. The van der Waals surface area contributed by atoms with Gasteiger partial charge >= 0.3 is 0 Å². The molecular formula is C10H12O2. The Morgan fingerprint density at radius 3 is 2.33 bits per heavy atom. The Balaban J connectivity index is 2.89. The van der Waals surface area contributed by atoms with Crippen molar-refractivity contribution in [2.24, 2.45) is 5.41 Å². The van der Waals surface area contributed by atoms with Gasteiger partial charge in [0.05, 0.1) is 5.41 Å². The number of Topliss-reactive ketones (excluding diaryl/α,β-unsaturated/α-hetero) is 2. The summed E-state index contributed by atoms with van der Waals surface area (Å²) in [5.41, 5.74) is -0.868. The van der Waals surface area contributed by atoms with Crippen LogP contribution in [0.25, 0.3) is 0 Å². The molecule has 64 valence electrons. The van der Waals surface area contributed by atoms with Crippen molar-refractivity contribution < 1.29 is 9.59 Å². The largest absolute Gasteiger partial charge is 0.299 e. The summed E-state index contributed by atoms with van der Waals surface area (Å²) in [6, 6.07) is 0. The van der Waals surface area contributed by atoms with Crippen molar-refractivity contribution in [2.75, 3.05) is 0 Å². The van der Waals surface area contributed by atoms with Crippen LogP contribution < -0.4 is 0 Å². The third kappa shape index (κ3) is 1.27. The van der Waals surface area contributed by atoms with Crippen molar-refractivity contribution >= 4 is 11.6 Å². The molecule has 0 aliphatic heterocycles. The summed E-state index contributed by atoms with van der Waals surface area (Å²) in [5, 5.41) is 0. The Labute approximate surface area is 72.3 Å². The standard InChI is InChI=1S/C10H12O2/c1-3-7-10(2)8(11)5-4-6-9(10)12/h1H,4-7H2,2H3. The van der Waals surface area contributed by atoms with E-state index < -0.39 is 5.41 Å². The van der Waals surface area contributed by atoms with E-state index in [1.165, 1.54) is 0 Å². The highest BCUT2D eigenvalue weighted by molar-refractivity contribution is 6.08. The maximum atomic E-state index is 11.4. The van der Waals surface area contributed by atoms with E-state index >= 15 is 0 Å². The first kappa shape index (κ1) is 8.99. The third-order valence-corrected chi connectivity index (χ3v) is 2.49. The Bertz CT molecular complexity index is 242. The van der Waals surface area contributed by atoms with Crippen LogP contribution in [-0.4, -0.2) is 11.6 Å². The summed E-state index contributed by atoms with van der Waals surface area (Å²) in [6.45, 7) is 1.66. The summed E-state index contributed by atoms with van der Waals surface area (Å²) < 4.78 is 0. The van der Waals surface area contributed by atoms with E-state index in [2.05, 4.69) is 5.92 Å². The van der Waals surface area contributed by atoms with Crippen LogP contribution >= 0.6 is 0 Å². The number of rotatable bonds is 1. The van der Waals surface area contributed by atoms with Crippen molar-refractivity contribution in [2.45, 2.75) is 32.6 Å². The van der Waals surface area contributed by atoms with Crippen LogP contribution in [0.5, 0.6) is 0 Å². The Morgan fingerprint density at radius 1 is 1.42 bits per heavy atom. The molecular weight excluding hydrogens is 152 g/mol. The van der Waals surface area contributed by atoms with E-state index in [-0.39, 0.29) is 18.0 Å². The fourth-order valence-electron chi connectivity index (χ4n) is 1.52. The molecule has 1 aliphatic carbocycles. The van der Waals surface area contributed by atoms with Gasteiger partial charge in [-0.2, -0.15) is 0 Å². The molecule has 1 fully saturated rings. The number of carbonyl (C=O) groups excluding carboxylic acids is 2. The number of hydrogen-bond donors (Lipinski definition) is 0. The highest BCUT2D eigenvalue weighted by Crippen LogP contribution is 2.32. The predicted molar refractivity (Wildman–Crippen MR) is 45.4 cm³/mol. The van der Waals surface area contributed by atoms with Gasteiger partial charge in [0.2, 0.25) is 0 Å². The van der Waals surface area contributed by atoms with Gasteiger partial charge in [0, 0.05) is 19.3 Å². The third-order valence-electron chi connectivity index (χ3n) is 2.49. The SMILES string of the molecule is C#CCC1(C)C(=O)CCCC1=O. The van der Waals surface area contributed by atoms with Gasteiger partial charge in [0.1, 0.15) is 11.6 Å². The van der Waals surface area contributed by atoms with Crippen molar-refractivity contribution in [3.8, 4) is 12.3 Å². The molecule has 0 aromatic rings. The van der Waals surface area contributed by atoms with Crippen LogP contribution in [-0.2, 0) is 9.59 Å². The van der Waals surface area contributed by atoms with Gasteiger partial charge < -0.3 is 0 Å². The molecule has 0 saturated heterocycles. The summed E-state index contributed by atoms with van der Waals surface area (Å²) in [4.78, 5) is 22.8. The zero-order valence-electron chi connectivity index (χ0n) is 7.22. The van der Waals surface area contributed by atoms with Crippen molar-refractivity contribution in [3.05, 3.63) is 0 Å². The Kier molecular flexibility index (Phi) is 2.32. The molecule has 0 radical (unpaired) electrons. The van der Waals surface area contributed by atoms with Gasteiger partial charge in [-0.15, -0.1) is 12.3 Å². The minimum Gasteiger partial charge on any atom is -0.299 e. The van der Waals surface area contributed by atoms with Crippen molar-refractivity contribution in [1.29, 1.82) is 0 Å². The van der Waals surface area contributed by atoms with Crippen molar-refractivity contribution in [1.82, 2.24) is 0 Å². The van der Waals surface area contributed by atoms with Gasteiger partial charge in [0.15, 0.2) is 0 Å². The van der Waals surface area contributed by atoms with Crippen molar-refractivity contribution in [3.63, 3.8) is 0 Å². The molecule has 0 aromatic carbocycles. The monoisotopic (exact) mass is 164 g/mol. The molecule has 0 unspecified atom stereocenters. The van der Waals surface area contributed by atoms with Crippen LogP contribution in [0.1, 0.15) is 32.6 Å². The second-order valence-corrected chi connectivity index (χ2v) is 3.41. The number of carbonyl (C=O) groups is 2. The zero-order chi connectivity index (χ0) is 9.19. The van der Waals surface area contributed by atoms with E-state index in [1.807, 2.05) is 0 Å². The lowest BCUT2D eigenvalue weighted by atomic mass is 9.71. The number of hydrogen-bond acceptors (Lipinski definition) is 2. The first-order chi connectivity index (χ1) is 5.61. The highest BCUT2D eigenvalue weighted by atomic mass is 16.2. The molecule has 0 aromatic heterocycles. The smallest absolute Gasteiger partial charge is 0.147 e. The molecule has 0 amide bonds. The Hall–Kier alpha value is -1.10. The summed E-state index contributed by atoms with van der Waals surface area (Å²) >= 11 is 0. The molecule has 1 aliphatic rings. The minimum atomic E-state index is -0.868. The van der Waals surface area contributed by atoms with Crippen LogP contribution in [0.3, 0.4) is 0 Å². The van der Waals surface area contributed by atoms with Gasteiger partial charge in [-0.25, -0.2) is 0 Å². The molecule has 2 nitrogen and oxygen atoms in total. The molecule has 0 heterocycles. The molecule has 2 heteroatoms. The highest BCUT2D eigenvalue weighted by Gasteiger charge is 2.41. The first-order valence-electron chi connectivity index (χ1n) is 4.11. The maximum absolute atomic E-state index is 11.4.